The minimum absolute atomic E-state index is 0.107. The van der Waals surface area contributed by atoms with Gasteiger partial charge < -0.3 is 20.2 Å². The molecular weight excluding hydrogens is 242 g/mol. The maximum atomic E-state index is 11.7. The van der Waals surface area contributed by atoms with Crippen molar-refractivity contribution in [2.75, 3.05) is 14.1 Å². The number of nitrogens with zero attached hydrogens (tertiary/aromatic N) is 2. The lowest BCUT2D eigenvalue weighted by Gasteiger charge is -2.19. The van der Waals surface area contributed by atoms with Gasteiger partial charge in [-0.25, -0.2) is 4.79 Å². The van der Waals surface area contributed by atoms with E-state index in [1.165, 1.54) is 11.8 Å². The highest BCUT2D eigenvalue weighted by molar-refractivity contribution is 6.36. The molecule has 0 aromatic heterocycles. The van der Waals surface area contributed by atoms with Gasteiger partial charge in [-0.1, -0.05) is 5.16 Å². The number of hydrogen-bond acceptors (Lipinski definition) is 5. The topological polar surface area (TPSA) is 108 Å². The predicted molar refractivity (Wildman–Crippen MR) is 60.9 cm³/mol. The van der Waals surface area contributed by atoms with Crippen molar-refractivity contribution >= 4 is 23.5 Å². The van der Waals surface area contributed by atoms with Gasteiger partial charge in [0.2, 0.25) is 12.0 Å². The molecule has 100 valence electrons. The van der Waals surface area contributed by atoms with Crippen LogP contribution < -0.4 is 5.32 Å². The van der Waals surface area contributed by atoms with Gasteiger partial charge in [-0.2, -0.15) is 0 Å². The van der Waals surface area contributed by atoms with Gasteiger partial charge in [0.15, 0.2) is 5.71 Å². The largest absolute Gasteiger partial charge is 0.477 e. The molecule has 0 saturated heterocycles. The second-order valence-corrected chi connectivity index (χ2v) is 4.10. The SMILES string of the molecule is CC(NC(=O)C1CC(C(=O)O)=NO1)C(=O)N(C)C. The summed E-state index contributed by atoms with van der Waals surface area (Å²) in [6.45, 7) is 1.54. The number of aliphatic carboxylic acids is 1. The van der Waals surface area contributed by atoms with E-state index < -0.39 is 24.0 Å². The van der Waals surface area contributed by atoms with Crippen molar-refractivity contribution in [2.45, 2.75) is 25.5 Å². The molecule has 2 amide bonds. The van der Waals surface area contributed by atoms with Gasteiger partial charge in [-0.3, -0.25) is 9.59 Å². The molecule has 0 aromatic rings. The fraction of sp³-hybridized carbons (Fsp3) is 0.600. The lowest BCUT2D eigenvalue weighted by molar-refractivity contribution is -0.137. The van der Waals surface area contributed by atoms with Crippen LogP contribution >= 0.6 is 0 Å². The molecule has 8 heteroatoms. The minimum atomic E-state index is -1.22. The minimum Gasteiger partial charge on any atom is -0.477 e. The van der Waals surface area contributed by atoms with E-state index in [0.29, 0.717) is 0 Å². The quantitative estimate of drug-likeness (QED) is 0.658. The Balaban J connectivity index is 2.49. The summed E-state index contributed by atoms with van der Waals surface area (Å²) in [6, 6.07) is -0.704. The van der Waals surface area contributed by atoms with E-state index in [2.05, 4.69) is 10.5 Å². The van der Waals surface area contributed by atoms with Gasteiger partial charge in [0.25, 0.3) is 5.91 Å². The third kappa shape index (κ3) is 3.19. The number of carboxylic acids is 1. The van der Waals surface area contributed by atoms with Crippen molar-refractivity contribution in [2.24, 2.45) is 5.16 Å². The van der Waals surface area contributed by atoms with E-state index in [4.69, 9.17) is 9.94 Å². The molecule has 18 heavy (non-hydrogen) atoms. The van der Waals surface area contributed by atoms with Crippen LogP contribution in [0.2, 0.25) is 0 Å². The smallest absolute Gasteiger partial charge is 0.353 e. The summed E-state index contributed by atoms with van der Waals surface area (Å²) in [5.41, 5.74) is -0.207. The van der Waals surface area contributed by atoms with E-state index in [1.54, 1.807) is 14.1 Å². The Bertz CT molecular complexity index is 404. The molecule has 1 aliphatic heterocycles. The molecule has 8 nitrogen and oxygen atoms in total. The van der Waals surface area contributed by atoms with Crippen LogP contribution in [-0.4, -0.2) is 59.7 Å². The lowest BCUT2D eigenvalue weighted by Crippen LogP contribution is -2.47. The van der Waals surface area contributed by atoms with Crippen LogP contribution in [0.4, 0.5) is 0 Å². The molecule has 1 heterocycles. The van der Waals surface area contributed by atoms with E-state index in [9.17, 15) is 14.4 Å². The molecule has 0 radical (unpaired) electrons. The number of nitrogens with one attached hydrogen (secondary N) is 1. The highest BCUT2D eigenvalue weighted by Crippen LogP contribution is 2.11. The van der Waals surface area contributed by atoms with E-state index >= 15 is 0 Å². The molecule has 2 unspecified atom stereocenters. The molecule has 0 aromatic carbocycles. The van der Waals surface area contributed by atoms with Crippen molar-refractivity contribution in [3.05, 3.63) is 0 Å². The molecule has 2 atom stereocenters. The van der Waals surface area contributed by atoms with Gasteiger partial charge in [0.05, 0.1) is 0 Å². The Hall–Kier alpha value is -2.12. The maximum Gasteiger partial charge on any atom is 0.353 e. The zero-order chi connectivity index (χ0) is 13.9. The van der Waals surface area contributed by atoms with E-state index in [1.807, 2.05) is 0 Å². The van der Waals surface area contributed by atoms with Gasteiger partial charge >= 0.3 is 5.97 Å². The summed E-state index contributed by atoms with van der Waals surface area (Å²) in [5.74, 6) is -2.04. The maximum absolute atomic E-state index is 11.7. The highest BCUT2D eigenvalue weighted by Gasteiger charge is 2.32. The van der Waals surface area contributed by atoms with Crippen molar-refractivity contribution in [1.82, 2.24) is 10.2 Å². The molecule has 0 saturated carbocycles. The number of carbonyl (C=O) groups is 3. The third-order valence-corrected chi connectivity index (χ3v) is 2.38. The summed E-state index contributed by atoms with van der Waals surface area (Å²) in [4.78, 5) is 39.8. The fourth-order valence-electron chi connectivity index (χ4n) is 1.40. The van der Waals surface area contributed by atoms with Crippen molar-refractivity contribution in [1.29, 1.82) is 0 Å². The first-order valence-corrected chi connectivity index (χ1v) is 5.30. The highest BCUT2D eigenvalue weighted by atomic mass is 16.6. The average molecular weight is 257 g/mol. The molecule has 2 N–H and O–H groups in total. The van der Waals surface area contributed by atoms with Crippen LogP contribution in [0.25, 0.3) is 0 Å². The number of hydrogen-bond donors (Lipinski definition) is 2. The predicted octanol–water partition coefficient (Wildman–Crippen LogP) is -1.19. The Morgan fingerprint density at radius 1 is 1.50 bits per heavy atom. The first-order chi connectivity index (χ1) is 8.32. The average Bonchev–Trinajstić information content (AvgIpc) is 2.76. The summed E-state index contributed by atoms with van der Waals surface area (Å²) in [5, 5.41) is 14.4. The summed E-state index contributed by atoms with van der Waals surface area (Å²) in [6.07, 6.45) is -1.10. The number of carbonyl (C=O) groups excluding carboxylic acids is 2. The molecule has 1 aliphatic rings. The van der Waals surface area contributed by atoms with Gasteiger partial charge in [0, 0.05) is 20.5 Å². The lowest BCUT2D eigenvalue weighted by atomic mass is 10.1. The van der Waals surface area contributed by atoms with Gasteiger partial charge in [-0.15, -0.1) is 0 Å². The first kappa shape index (κ1) is 13.9. The number of amides is 2. The second kappa shape index (κ2) is 5.48. The number of carboxylic acid groups (broad SMARTS) is 1. The normalized spacial score (nSPS) is 19.5. The molecular formula is C10H15N3O5. The van der Waals surface area contributed by atoms with Crippen LogP contribution in [0.3, 0.4) is 0 Å². The molecule has 0 fully saturated rings. The third-order valence-electron chi connectivity index (χ3n) is 2.38. The first-order valence-electron chi connectivity index (χ1n) is 5.30. The summed E-state index contributed by atoms with van der Waals surface area (Å²) < 4.78 is 0. The van der Waals surface area contributed by atoms with Gasteiger partial charge in [0.1, 0.15) is 6.04 Å². The molecule has 1 rings (SSSR count). The Labute approximate surface area is 104 Å². The monoisotopic (exact) mass is 257 g/mol. The zero-order valence-electron chi connectivity index (χ0n) is 10.3. The number of rotatable bonds is 4. The molecule has 0 spiro atoms. The molecule has 0 bridgehead atoms. The van der Waals surface area contributed by atoms with Crippen LogP contribution in [0.1, 0.15) is 13.3 Å². The van der Waals surface area contributed by atoms with Crippen LogP contribution in [0, 0.1) is 0 Å². The fourth-order valence-corrected chi connectivity index (χ4v) is 1.40. The number of likely N-dealkylation sites (N-methyl/N-ethyl adjacent to an activating group) is 1. The Morgan fingerprint density at radius 3 is 2.56 bits per heavy atom. The zero-order valence-corrected chi connectivity index (χ0v) is 10.3. The van der Waals surface area contributed by atoms with Crippen LogP contribution in [0.15, 0.2) is 5.16 Å². The van der Waals surface area contributed by atoms with Crippen molar-refractivity contribution in [3.8, 4) is 0 Å². The second-order valence-electron chi connectivity index (χ2n) is 4.10. The van der Waals surface area contributed by atoms with Crippen molar-refractivity contribution in [3.63, 3.8) is 0 Å². The Kier molecular flexibility index (Phi) is 4.24. The molecule has 0 aliphatic carbocycles. The van der Waals surface area contributed by atoms with E-state index in [-0.39, 0.29) is 18.0 Å². The van der Waals surface area contributed by atoms with E-state index in [0.717, 1.165) is 0 Å². The van der Waals surface area contributed by atoms with Crippen LogP contribution in [0.5, 0.6) is 0 Å². The summed E-state index contributed by atoms with van der Waals surface area (Å²) in [7, 11) is 3.14. The summed E-state index contributed by atoms with van der Waals surface area (Å²) >= 11 is 0. The van der Waals surface area contributed by atoms with Crippen molar-refractivity contribution < 1.29 is 24.3 Å². The van der Waals surface area contributed by atoms with Crippen LogP contribution in [-0.2, 0) is 19.2 Å². The van der Waals surface area contributed by atoms with Gasteiger partial charge in [-0.05, 0) is 6.92 Å². The standard InChI is InChI=1S/C10H15N3O5/c1-5(9(15)13(2)3)11-8(14)7-4-6(10(16)17)12-18-7/h5,7H,4H2,1-3H3,(H,11,14)(H,16,17). The Morgan fingerprint density at radius 2 is 2.11 bits per heavy atom. The number of oxime groups is 1.